The summed E-state index contributed by atoms with van der Waals surface area (Å²) in [5.41, 5.74) is 0.239. The average Bonchev–Trinajstić information content (AvgIpc) is 3.18. The van der Waals surface area contributed by atoms with Crippen LogP contribution in [0.2, 0.25) is 0 Å². The van der Waals surface area contributed by atoms with Crippen LogP contribution in [0, 0.1) is 17.3 Å². The van der Waals surface area contributed by atoms with Crippen LogP contribution in [0.4, 0.5) is 0 Å². The summed E-state index contributed by atoms with van der Waals surface area (Å²) in [7, 11) is 0. The van der Waals surface area contributed by atoms with Crippen LogP contribution >= 0.6 is 0 Å². The molecule has 2 saturated heterocycles. The highest BCUT2D eigenvalue weighted by Gasteiger charge is 2.59. The molecule has 0 aromatic carbocycles. The number of aliphatic carboxylic acids is 1. The van der Waals surface area contributed by atoms with Gasteiger partial charge in [-0.3, -0.25) is 9.59 Å². The van der Waals surface area contributed by atoms with Crippen molar-refractivity contribution in [1.29, 1.82) is 0 Å². The van der Waals surface area contributed by atoms with Gasteiger partial charge in [-0.1, -0.05) is 0 Å². The molecular weight excluding hydrogens is 270 g/mol. The van der Waals surface area contributed by atoms with Crippen LogP contribution in [0.1, 0.15) is 44.9 Å². The Morgan fingerprint density at radius 1 is 1.29 bits per heavy atom. The number of amides is 1. The van der Waals surface area contributed by atoms with E-state index in [1.54, 1.807) is 0 Å². The number of hydrogen-bond acceptors (Lipinski definition) is 3. The highest BCUT2D eigenvalue weighted by Crippen LogP contribution is 2.59. The van der Waals surface area contributed by atoms with Gasteiger partial charge in [0.15, 0.2) is 0 Å². The SMILES string of the molecule is O=C(O)CC[C@@H]1CCCN(C(=O)[C@H]2CC23CCOCC3)C1. The fraction of sp³-hybridized carbons (Fsp3) is 0.875. The lowest BCUT2D eigenvalue weighted by atomic mass is 9.91. The molecule has 3 rings (SSSR count). The van der Waals surface area contributed by atoms with Gasteiger partial charge in [0.2, 0.25) is 5.91 Å². The van der Waals surface area contributed by atoms with E-state index in [2.05, 4.69) is 0 Å². The van der Waals surface area contributed by atoms with Crippen LogP contribution in [0.15, 0.2) is 0 Å². The Hall–Kier alpha value is -1.10. The molecule has 21 heavy (non-hydrogen) atoms. The molecule has 2 atom stereocenters. The number of likely N-dealkylation sites (tertiary alicyclic amines) is 1. The Kier molecular flexibility index (Phi) is 4.20. The second-order valence-electron chi connectivity index (χ2n) is 6.96. The van der Waals surface area contributed by atoms with E-state index in [0.717, 1.165) is 58.4 Å². The lowest BCUT2D eigenvalue weighted by Gasteiger charge is -2.34. The largest absolute Gasteiger partial charge is 0.481 e. The third kappa shape index (κ3) is 3.23. The zero-order valence-electron chi connectivity index (χ0n) is 12.6. The van der Waals surface area contributed by atoms with E-state index in [4.69, 9.17) is 9.84 Å². The summed E-state index contributed by atoms with van der Waals surface area (Å²) in [5, 5.41) is 8.79. The molecule has 0 aromatic rings. The van der Waals surface area contributed by atoms with Gasteiger partial charge in [0.1, 0.15) is 0 Å². The van der Waals surface area contributed by atoms with Crippen molar-refractivity contribution in [3.8, 4) is 0 Å². The van der Waals surface area contributed by atoms with E-state index in [1.807, 2.05) is 4.90 Å². The Bertz CT molecular complexity index is 417. The topological polar surface area (TPSA) is 66.8 Å². The minimum absolute atomic E-state index is 0.208. The molecule has 0 radical (unpaired) electrons. The van der Waals surface area contributed by atoms with Crippen molar-refractivity contribution in [2.45, 2.75) is 44.9 Å². The summed E-state index contributed by atoms with van der Waals surface area (Å²) < 4.78 is 5.41. The maximum absolute atomic E-state index is 12.7. The van der Waals surface area contributed by atoms with Crippen molar-refractivity contribution in [3.05, 3.63) is 0 Å². The molecular formula is C16H25NO4. The zero-order valence-corrected chi connectivity index (χ0v) is 12.6. The minimum atomic E-state index is -0.734. The number of rotatable bonds is 4. The fourth-order valence-corrected chi connectivity index (χ4v) is 4.08. The Balaban J connectivity index is 1.52. The van der Waals surface area contributed by atoms with Crippen molar-refractivity contribution in [2.75, 3.05) is 26.3 Å². The summed E-state index contributed by atoms with van der Waals surface area (Å²) in [5.74, 6) is 0.154. The highest BCUT2D eigenvalue weighted by molar-refractivity contribution is 5.82. The summed E-state index contributed by atoms with van der Waals surface area (Å²) in [6, 6.07) is 0. The normalized spacial score (nSPS) is 31.1. The molecule has 1 aliphatic carbocycles. The molecule has 1 amide bonds. The lowest BCUT2D eigenvalue weighted by Crippen LogP contribution is -2.42. The molecule has 2 aliphatic heterocycles. The Morgan fingerprint density at radius 3 is 2.76 bits per heavy atom. The molecule has 3 aliphatic rings. The number of carbonyl (C=O) groups excluding carboxylic acids is 1. The van der Waals surface area contributed by atoms with Crippen LogP contribution in [-0.4, -0.2) is 48.2 Å². The number of piperidine rings is 1. The molecule has 2 heterocycles. The second-order valence-corrected chi connectivity index (χ2v) is 6.96. The first-order valence-electron chi connectivity index (χ1n) is 8.19. The molecule has 1 N–H and O–H groups in total. The summed E-state index contributed by atoms with van der Waals surface area (Å²) in [4.78, 5) is 25.4. The molecule has 0 bridgehead atoms. The zero-order chi connectivity index (χ0) is 14.9. The monoisotopic (exact) mass is 295 g/mol. The summed E-state index contributed by atoms with van der Waals surface area (Å²) in [6.07, 6.45) is 6.07. The molecule has 1 spiro atoms. The third-order valence-corrected chi connectivity index (χ3v) is 5.57. The van der Waals surface area contributed by atoms with Crippen molar-refractivity contribution < 1.29 is 19.4 Å². The summed E-state index contributed by atoms with van der Waals surface area (Å²) >= 11 is 0. The van der Waals surface area contributed by atoms with Gasteiger partial charge in [-0.25, -0.2) is 0 Å². The number of hydrogen-bond donors (Lipinski definition) is 1. The third-order valence-electron chi connectivity index (χ3n) is 5.57. The van der Waals surface area contributed by atoms with Gasteiger partial charge in [0, 0.05) is 38.6 Å². The lowest BCUT2D eigenvalue weighted by molar-refractivity contribution is -0.137. The van der Waals surface area contributed by atoms with Crippen molar-refractivity contribution in [3.63, 3.8) is 0 Å². The molecule has 3 fully saturated rings. The van der Waals surface area contributed by atoms with E-state index in [-0.39, 0.29) is 17.8 Å². The maximum atomic E-state index is 12.7. The minimum Gasteiger partial charge on any atom is -0.481 e. The van der Waals surface area contributed by atoms with Crippen molar-refractivity contribution >= 4 is 11.9 Å². The van der Waals surface area contributed by atoms with Crippen LogP contribution in [-0.2, 0) is 14.3 Å². The highest BCUT2D eigenvalue weighted by atomic mass is 16.5. The van der Waals surface area contributed by atoms with Gasteiger partial charge >= 0.3 is 5.97 Å². The number of carboxylic acids is 1. The molecule has 1 saturated carbocycles. The first-order chi connectivity index (χ1) is 10.1. The van der Waals surface area contributed by atoms with Gasteiger partial charge in [0.05, 0.1) is 0 Å². The van der Waals surface area contributed by atoms with Gasteiger partial charge < -0.3 is 14.7 Å². The van der Waals surface area contributed by atoms with E-state index >= 15 is 0 Å². The fourth-order valence-electron chi connectivity index (χ4n) is 4.08. The first kappa shape index (κ1) is 14.8. The van der Waals surface area contributed by atoms with Crippen LogP contribution < -0.4 is 0 Å². The number of carbonyl (C=O) groups is 2. The average molecular weight is 295 g/mol. The quantitative estimate of drug-likeness (QED) is 0.860. The molecule has 5 heteroatoms. The van der Waals surface area contributed by atoms with Gasteiger partial charge in [-0.2, -0.15) is 0 Å². The maximum Gasteiger partial charge on any atom is 0.303 e. The van der Waals surface area contributed by atoms with Crippen molar-refractivity contribution in [1.82, 2.24) is 4.90 Å². The Labute approximate surface area is 125 Å². The van der Waals surface area contributed by atoms with E-state index in [9.17, 15) is 9.59 Å². The van der Waals surface area contributed by atoms with Gasteiger partial charge in [-0.05, 0) is 49.9 Å². The van der Waals surface area contributed by atoms with Crippen molar-refractivity contribution in [2.24, 2.45) is 17.3 Å². The van der Waals surface area contributed by atoms with Gasteiger partial charge in [-0.15, -0.1) is 0 Å². The van der Waals surface area contributed by atoms with E-state index in [1.165, 1.54) is 0 Å². The predicted octanol–water partition coefficient (Wildman–Crippen LogP) is 1.91. The predicted molar refractivity (Wildman–Crippen MR) is 76.8 cm³/mol. The molecule has 0 unspecified atom stereocenters. The van der Waals surface area contributed by atoms with E-state index in [0.29, 0.717) is 18.2 Å². The van der Waals surface area contributed by atoms with Crippen LogP contribution in [0.3, 0.4) is 0 Å². The molecule has 118 valence electrons. The standard InChI is InChI=1S/C16H25NO4/c18-14(19)4-3-12-2-1-7-17(11-12)15(20)13-10-16(13)5-8-21-9-6-16/h12-13H,1-11H2,(H,18,19)/t12-,13+/m0/s1. The second kappa shape index (κ2) is 5.95. The van der Waals surface area contributed by atoms with Gasteiger partial charge in [0.25, 0.3) is 0 Å². The van der Waals surface area contributed by atoms with Crippen LogP contribution in [0.5, 0.6) is 0 Å². The summed E-state index contributed by atoms with van der Waals surface area (Å²) in [6.45, 7) is 3.21. The molecule has 5 nitrogen and oxygen atoms in total. The number of nitrogens with zero attached hydrogens (tertiary/aromatic N) is 1. The van der Waals surface area contributed by atoms with Crippen LogP contribution in [0.25, 0.3) is 0 Å². The number of ether oxygens (including phenoxy) is 1. The Morgan fingerprint density at radius 2 is 2.05 bits per heavy atom. The van der Waals surface area contributed by atoms with E-state index < -0.39 is 5.97 Å². The number of carboxylic acid groups (broad SMARTS) is 1. The first-order valence-corrected chi connectivity index (χ1v) is 8.19. The molecule has 0 aromatic heterocycles. The smallest absolute Gasteiger partial charge is 0.303 e.